The largest absolute Gasteiger partial charge is 0.484 e. The highest BCUT2D eigenvalue weighted by Crippen LogP contribution is 2.39. The average Bonchev–Trinajstić information content (AvgIpc) is 3.49. The van der Waals surface area contributed by atoms with Crippen LogP contribution in [0.5, 0.6) is 5.75 Å². The van der Waals surface area contributed by atoms with Crippen LogP contribution in [0.25, 0.3) is 0 Å². The van der Waals surface area contributed by atoms with Gasteiger partial charge in [0, 0.05) is 37.4 Å². The van der Waals surface area contributed by atoms with Crippen LogP contribution >= 0.6 is 0 Å². The molecule has 2 aromatic rings. The third kappa shape index (κ3) is 4.52. The first-order valence-electron chi connectivity index (χ1n) is 10.2. The van der Waals surface area contributed by atoms with E-state index in [0.29, 0.717) is 11.8 Å². The standard InChI is InChI=1S/C22H29N3O2/c1-17-15-23-22(19-7-8-19)25(17)14-11-18-9-12-24(13-10-18)21(26)16-27-20-5-3-2-4-6-20/h2-6,15,18-19H,7-14,16H2,1H3. The number of aryl methyl sites for hydroxylation is 1. The summed E-state index contributed by atoms with van der Waals surface area (Å²) in [4.78, 5) is 19.0. The maximum atomic E-state index is 12.4. The number of para-hydroxylation sites is 1. The van der Waals surface area contributed by atoms with E-state index < -0.39 is 0 Å². The van der Waals surface area contributed by atoms with Crippen LogP contribution in [0.15, 0.2) is 36.5 Å². The fourth-order valence-corrected chi connectivity index (χ4v) is 3.97. The zero-order valence-corrected chi connectivity index (χ0v) is 16.1. The van der Waals surface area contributed by atoms with Crippen molar-refractivity contribution < 1.29 is 9.53 Å². The summed E-state index contributed by atoms with van der Waals surface area (Å²) in [6, 6.07) is 9.54. The molecule has 0 atom stereocenters. The minimum absolute atomic E-state index is 0.0961. The van der Waals surface area contributed by atoms with E-state index in [0.717, 1.165) is 38.2 Å². The highest BCUT2D eigenvalue weighted by Gasteiger charge is 2.29. The van der Waals surface area contributed by atoms with Gasteiger partial charge in [-0.25, -0.2) is 4.98 Å². The molecule has 1 saturated carbocycles. The van der Waals surface area contributed by atoms with E-state index in [1.807, 2.05) is 41.4 Å². The van der Waals surface area contributed by atoms with Crippen LogP contribution in [0.1, 0.15) is 49.5 Å². The molecule has 144 valence electrons. The first-order valence-corrected chi connectivity index (χ1v) is 10.2. The molecule has 2 fully saturated rings. The Balaban J connectivity index is 1.21. The van der Waals surface area contributed by atoms with Gasteiger partial charge in [0.1, 0.15) is 11.6 Å². The van der Waals surface area contributed by atoms with E-state index in [-0.39, 0.29) is 12.5 Å². The summed E-state index contributed by atoms with van der Waals surface area (Å²) in [6.45, 7) is 5.05. The highest BCUT2D eigenvalue weighted by atomic mass is 16.5. The number of ether oxygens (including phenoxy) is 1. The Labute approximate surface area is 161 Å². The van der Waals surface area contributed by atoms with Gasteiger partial charge in [-0.1, -0.05) is 18.2 Å². The monoisotopic (exact) mass is 367 g/mol. The molecule has 0 spiro atoms. The van der Waals surface area contributed by atoms with Crippen molar-refractivity contribution in [3.63, 3.8) is 0 Å². The van der Waals surface area contributed by atoms with Crippen molar-refractivity contribution in [2.45, 2.75) is 51.5 Å². The predicted molar refractivity (Wildman–Crippen MR) is 105 cm³/mol. The molecule has 5 nitrogen and oxygen atoms in total. The van der Waals surface area contributed by atoms with Crippen molar-refractivity contribution in [2.75, 3.05) is 19.7 Å². The molecule has 5 heteroatoms. The number of likely N-dealkylation sites (tertiary alicyclic amines) is 1. The zero-order valence-electron chi connectivity index (χ0n) is 16.1. The topological polar surface area (TPSA) is 47.4 Å². The summed E-state index contributed by atoms with van der Waals surface area (Å²) >= 11 is 0. The number of carbonyl (C=O) groups excluding carboxylic acids is 1. The summed E-state index contributed by atoms with van der Waals surface area (Å²) in [7, 11) is 0. The number of aromatic nitrogens is 2. The molecular weight excluding hydrogens is 338 g/mol. The summed E-state index contributed by atoms with van der Waals surface area (Å²) in [6.07, 6.45) is 7.96. The highest BCUT2D eigenvalue weighted by molar-refractivity contribution is 5.77. The number of hydrogen-bond donors (Lipinski definition) is 0. The average molecular weight is 367 g/mol. The van der Waals surface area contributed by atoms with Gasteiger partial charge in [-0.2, -0.15) is 0 Å². The van der Waals surface area contributed by atoms with Gasteiger partial charge in [0.05, 0.1) is 0 Å². The SMILES string of the molecule is Cc1cnc(C2CC2)n1CCC1CCN(C(=O)COc2ccccc2)CC1. The van der Waals surface area contributed by atoms with Crippen LogP contribution in [0.4, 0.5) is 0 Å². The molecule has 1 saturated heterocycles. The normalized spacial score (nSPS) is 17.9. The fourth-order valence-electron chi connectivity index (χ4n) is 3.97. The van der Waals surface area contributed by atoms with Crippen LogP contribution in [0.3, 0.4) is 0 Å². The van der Waals surface area contributed by atoms with Crippen molar-refractivity contribution in [2.24, 2.45) is 5.92 Å². The molecule has 1 amide bonds. The number of carbonyl (C=O) groups is 1. The molecule has 0 unspecified atom stereocenters. The first-order chi connectivity index (χ1) is 13.2. The minimum Gasteiger partial charge on any atom is -0.484 e. The maximum absolute atomic E-state index is 12.4. The summed E-state index contributed by atoms with van der Waals surface area (Å²) in [5, 5.41) is 0. The van der Waals surface area contributed by atoms with Gasteiger partial charge in [0.25, 0.3) is 5.91 Å². The van der Waals surface area contributed by atoms with E-state index in [9.17, 15) is 4.79 Å². The second-order valence-electron chi connectivity index (χ2n) is 7.90. The van der Waals surface area contributed by atoms with E-state index >= 15 is 0 Å². The van der Waals surface area contributed by atoms with Gasteiger partial charge in [-0.05, 0) is 57.1 Å². The Hall–Kier alpha value is -2.30. The van der Waals surface area contributed by atoms with Gasteiger partial charge >= 0.3 is 0 Å². The zero-order chi connectivity index (χ0) is 18.6. The van der Waals surface area contributed by atoms with Crippen molar-refractivity contribution >= 4 is 5.91 Å². The lowest BCUT2D eigenvalue weighted by Crippen LogP contribution is -2.41. The number of amides is 1. The number of benzene rings is 1. The number of rotatable bonds is 7. The van der Waals surface area contributed by atoms with E-state index in [1.54, 1.807) is 0 Å². The molecule has 27 heavy (non-hydrogen) atoms. The summed E-state index contributed by atoms with van der Waals surface area (Å²) < 4.78 is 8.02. The van der Waals surface area contributed by atoms with Gasteiger partial charge in [0.2, 0.25) is 0 Å². The fraction of sp³-hybridized carbons (Fsp3) is 0.545. The molecular formula is C22H29N3O2. The van der Waals surface area contributed by atoms with Crippen LogP contribution in [-0.4, -0.2) is 40.1 Å². The van der Waals surface area contributed by atoms with Crippen LogP contribution < -0.4 is 4.74 Å². The third-order valence-electron chi connectivity index (χ3n) is 5.86. The van der Waals surface area contributed by atoms with Gasteiger partial charge < -0.3 is 14.2 Å². The molecule has 1 aromatic carbocycles. The molecule has 0 N–H and O–H groups in total. The second-order valence-corrected chi connectivity index (χ2v) is 7.90. The van der Waals surface area contributed by atoms with Crippen molar-refractivity contribution in [3.05, 3.63) is 48.0 Å². The third-order valence-corrected chi connectivity index (χ3v) is 5.86. The number of hydrogen-bond acceptors (Lipinski definition) is 3. The Morgan fingerprint density at radius 1 is 1.15 bits per heavy atom. The molecule has 0 bridgehead atoms. The second kappa shape index (κ2) is 8.15. The maximum Gasteiger partial charge on any atom is 0.260 e. The Morgan fingerprint density at radius 3 is 2.59 bits per heavy atom. The van der Waals surface area contributed by atoms with Crippen LogP contribution in [0, 0.1) is 12.8 Å². The number of nitrogens with zero attached hydrogens (tertiary/aromatic N) is 3. The molecule has 1 aliphatic heterocycles. The Bertz CT molecular complexity index is 759. The number of imidazole rings is 1. The number of piperidine rings is 1. The van der Waals surface area contributed by atoms with E-state index in [1.165, 1.54) is 30.8 Å². The smallest absolute Gasteiger partial charge is 0.260 e. The summed E-state index contributed by atoms with van der Waals surface area (Å²) in [5.41, 5.74) is 1.28. The van der Waals surface area contributed by atoms with Gasteiger partial charge in [-0.3, -0.25) is 4.79 Å². The van der Waals surface area contributed by atoms with Gasteiger partial charge in [0.15, 0.2) is 6.61 Å². The molecule has 2 heterocycles. The van der Waals surface area contributed by atoms with E-state index in [4.69, 9.17) is 4.74 Å². The van der Waals surface area contributed by atoms with Gasteiger partial charge in [-0.15, -0.1) is 0 Å². The quantitative estimate of drug-likeness (QED) is 0.748. The molecule has 4 rings (SSSR count). The van der Waals surface area contributed by atoms with Crippen molar-refractivity contribution in [1.82, 2.24) is 14.5 Å². The molecule has 1 aromatic heterocycles. The summed E-state index contributed by atoms with van der Waals surface area (Å²) in [5.74, 6) is 3.53. The van der Waals surface area contributed by atoms with Crippen LogP contribution in [0.2, 0.25) is 0 Å². The van der Waals surface area contributed by atoms with E-state index in [2.05, 4.69) is 16.5 Å². The van der Waals surface area contributed by atoms with Crippen LogP contribution in [-0.2, 0) is 11.3 Å². The molecule has 0 radical (unpaired) electrons. The molecule has 1 aliphatic carbocycles. The lowest BCUT2D eigenvalue weighted by atomic mass is 9.93. The Kier molecular flexibility index (Phi) is 5.46. The lowest BCUT2D eigenvalue weighted by molar-refractivity contribution is -0.134. The van der Waals surface area contributed by atoms with Crippen molar-refractivity contribution in [1.29, 1.82) is 0 Å². The Morgan fingerprint density at radius 2 is 1.89 bits per heavy atom. The predicted octanol–water partition coefficient (Wildman–Crippen LogP) is 3.78. The molecule has 2 aliphatic rings. The first kappa shape index (κ1) is 18.1. The lowest BCUT2D eigenvalue weighted by Gasteiger charge is -2.32. The van der Waals surface area contributed by atoms with Crippen molar-refractivity contribution in [3.8, 4) is 5.75 Å². The minimum atomic E-state index is 0.0961.